The van der Waals surface area contributed by atoms with Gasteiger partial charge in [-0.2, -0.15) is 0 Å². The molecule has 0 saturated heterocycles. The molecule has 0 aliphatic heterocycles. The predicted molar refractivity (Wildman–Crippen MR) is 101 cm³/mol. The highest BCUT2D eigenvalue weighted by molar-refractivity contribution is 7.16. The van der Waals surface area contributed by atoms with Crippen molar-refractivity contribution >= 4 is 27.5 Å². The number of hydrogen-bond acceptors (Lipinski definition) is 4. The van der Waals surface area contributed by atoms with Crippen LogP contribution in [0.3, 0.4) is 0 Å². The molecular weight excluding hydrogens is 334 g/mol. The van der Waals surface area contributed by atoms with E-state index in [1.54, 1.807) is 6.07 Å². The van der Waals surface area contributed by atoms with Gasteiger partial charge in [0.2, 0.25) is 5.91 Å². The molecule has 0 saturated carbocycles. The van der Waals surface area contributed by atoms with E-state index in [0.717, 1.165) is 11.3 Å². The van der Waals surface area contributed by atoms with E-state index >= 15 is 0 Å². The van der Waals surface area contributed by atoms with E-state index in [9.17, 15) is 9.59 Å². The second-order valence-corrected chi connectivity index (χ2v) is 6.85. The maximum absolute atomic E-state index is 12.3. The molecule has 1 amide bonds. The van der Waals surface area contributed by atoms with Crippen LogP contribution in [0.15, 0.2) is 52.9 Å². The average Bonchev–Trinajstić information content (AvgIpc) is 3.12. The number of benzene rings is 1. The number of aromatic nitrogens is 2. The number of nitrogens with one attached hydrogen (secondary N) is 1. The molecule has 2 aromatic heterocycles. The predicted octanol–water partition coefficient (Wildman–Crippen LogP) is 3.16. The first kappa shape index (κ1) is 17.4. The topological polar surface area (TPSA) is 64.0 Å². The highest BCUT2D eigenvalue weighted by atomic mass is 32.1. The molecule has 0 radical (unpaired) electrons. The van der Waals surface area contributed by atoms with Gasteiger partial charge in [-0.15, -0.1) is 11.3 Å². The van der Waals surface area contributed by atoms with Crippen LogP contribution in [0.4, 0.5) is 0 Å². The molecule has 5 nitrogen and oxygen atoms in total. The molecule has 1 N–H and O–H groups in total. The van der Waals surface area contributed by atoms with Gasteiger partial charge in [-0.25, -0.2) is 4.98 Å². The van der Waals surface area contributed by atoms with Crippen molar-refractivity contribution in [1.82, 2.24) is 14.9 Å². The summed E-state index contributed by atoms with van der Waals surface area (Å²) in [6.07, 6.45) is 2.75. The molecule has 3 rings (SSSR count). The molecule has 0 aliphatic rings. The maximum Gasteiger partial charge on any atom is 0.262 e. The van der Waals surface area contributed by atoms with Gasteiger partial charge in [0.15, 0.2) is 0 Å². The molecule has 0 bridgehead atoms. The zero-order valence-electron chi connectivity index (χ0n) is 14.1. The third kappa shape index (κ3) is 4.14. The molecule has 0 aliphatic carbocycles. The molecule has 1 atom stereocenters. The van der Waals surface area contributed by atoms with Crippen molar-refractivity contribution in [2.24, 2.45) is 0 Å². The van der Waals surface area contributed by atoms with Gasteiger partial charge < -0.3 is 5.32 Å². The Morgan fingerprint density at radius 2 is 2.08 bits per heavy atom. The number of hydrogen-bond donors (Lipinski definition) is 1. The van der Waals surface area contributed by atoms with Gasteiger partial charge in [-0.1, -0.05) is 37.3 Å². The van der Waals surface area contributed by atoms with E-state index in [4.69, 9.17) is 0 Å². The Bertz CT molecular complexity index is 902. The SMILES string of the molecule is CCC(CNC(=O)CCn1cnc2sccc2c1=O)c1ccccc1. The van der Waals surface area contributed by atoms with Gasteiger partial charge in [0.25, 0.3) is 5.56 Å². The quantitative estimate of drug-likeness (QED) is 0.708. The lowest BCUT2D eigenvalue weighted by Crippen LogP contribution is -2.30. The molecule has 1 unspecified atom stereocenters. The molecule has 6 heteroatoms. The summed E-state index contributed by atoms with van der Waals surface area (Å²) in [4.78, 5) is 29.4. The van der Waals surface area contributed by atoms with Crippen LogP contribution in [-0.2, 0) is 11.3 Å². The Labute approximate surface area is 150 Å². The van der Waals surface area contributed by atoms with Crippen LogP contribution in [0, 0.1) is 0 Å². The fourth-order valence-electron chi connectivity index (χ4n) is 2.82. The van der Waals surface area contributed by atoms with Crippen LogP contribution >= 0.6 is 11.3 Å². The van der Waals surface area contributed by atoms with Gasteiger partial charge in [0.1, 0.15) is 4.83 Å². The van der Waals surface area contributed by atoms with E-state index in [1.165, 1.54) is 27.8 Å². The van der Waals surface area contributed by atoms with Crippen LogP contribution in [0.25, 0.3) is 10.2 Å². The monoisotopic (exact) mass is 355 g/mol. The summed E-state index contributed by atoms with van der Waals surface area (Å²) in [5.74, 6) is 0.253. The van der Waals surface area contributed by atoms with E-state index in [1.807, 2.05) is 23.6 Å². The zero-order chi connectivity index (χ0) is 17.6. The lowest BCUT2D eigenvalue weighted by atomic mass is 9.96. The Hall–Kier alpha value is -2.47. The zero-order valence-corrected chi connectivity index (χ0v) is 15.0. The summed E-state index contributed by atoms with van der Waals surface area (Å²) in [5.41, 5.74) is 1.14. The van der Waals surface area contributed by atoms with Crippen molar-refractivity contribution < 1.29 is 4.79 Å². The summed E-state index contributed by atoms with van der Waals surface area (Å²) in [6.45, 7) is 3.06. The van der Waals surface area contributed by atoms with Crippen LogP contribution in [0.2, 0.25) is 0 Å². The van der Waals surface area contributed by atoms with Crippen LogP contribution in [-0.4, -0.2) is 22.0 Å². The largest absolute Gasteiger partial charge is 0.355 e. The standard InChI is InChI=1S/C19H21N3O2S/c1-2-14(15-6-4-3-5-7-15)12-20-17(23)8-10-22-13-21-18-16(19(22)24)9-11-25-18/h3-7,9,11,13-14H,2,8,10,12H2,1H3,(H,20,23). The van der Waals surface area contributed by atoms with E-state index in [-0.39, 0.29) is 17.9 Å². The van der Waals surface area contributed by atoms with Crippen molar-refractivity contribution in [3.63, 3.8) is 0 Å². The molecule has 0 spiro atoms. The van der Waals surface area contributed by atoms with E-state index in [2.05, 4.69) is 29.4 Å². The third-order valence-corrected chi connectivity index (χ3v) is 5.16. The van der Waals surface area contributed by atoms with Crippen molar-refractivity contribution in [2.45, 2.75) is 32.2 Å². The van der Waals surface area contributed by atoms with Gasteiger partial charge in [0, 0.05) is 25.4 Å². The Balaban J connectivity index is 1.55. The summed E-state index contributed by atoms with van der Waals surface area (Å²) in [6, 6.07) is 12.0. The summed E-state index contributed by atoms with van der Waals surface area (Å²) in [7, 11) is 0. The molecule has 1 aromatic carbocycles. The third-order valence-electron chi connectivity index (χ3n) is 4.34. The van der Waals surface area contributed by atoms with Crippen molar-refractivity contribution in [3.05, 3.63) is 64.0 Å². The van der Waals surface area contributed by atoms with Gasteiger partial charge in [-0.3, -0.25) is 14.2 Å². The number of carbonyl (C=O) groups is 1. The van der Waals surface area contributed by atoms with E-state index < -0.39 is 0 Å². The minimum atomic E-state index is -0.0882. The minimum absolute atomic E-state index is 0.0494. The molecule has 0 fully saturated rings. The Morgan fingerprint density at radius 3 is 2.84 bits per heavy atom. The summed E-state index contributed by atoms with van der Waals surface area (Å²) in [5, 5.41) is 5.45. The first-order chi connectivity index (χ1) is 12.2. The van der Waals surface area contributed by atoms with Crippen molar-refractivity contribution in [1.29, 1.82) is 0 Å². The number of rotatable bonds is 7. The molecule has 25 heavy (non-hydrogen) atoms. The number of carbonyl (C=O) groups excluding carboxylic acids is 1. The number of fused-ring (bicyclic) bond motifs is 1. The summed E-state index contributed by atoms with van der Waals surface area (Å²) < 4.78 is 1.50. The highest BCUT2D eigenvalue weighted by Gasteiger charge is 2.11. The molecule has 3 aromatic rings. The fourth-order valence-corrected chi connectivity index (χ4v) is 3.55. The first-order valence-electron chi connectivity index (χ1n) is 8.43. The number of amides is 1. The summed E-state index contributed by atoms with van der Waals surface area (Å²) >= 11 is 1.44. The first-order valence-corrected chi connectivity index (χ1v) is 9.31. The number of aryl methyl sites for hydroxylation is 1. The number of nitrogens with zero attached hydrogens (tertiary/aromatic N) is 2. The number of thiophene rings is 1. The smallest absolute Gasteiger partial charge is 0.262 e. The van der Waals surface area contributed by atoms with Crippen molar-refractivity contribution in [2.75, 3.05) is 6.54 Å². The fraction of sp³-hybridized carbons (Fsp3) is 0.316. The maximum atomic E-state index is 12.3. The second-order valence-electron chi connectivity index (χ2n) is 5.95. The van der Waals surface area contributed by atoms with Gasteiger partial charge >= 0.3 is 0 Å². The molecular formula is C19H21N3O2S. The van der Waals surface area contributed by atoms with E-state index in [0.29, 0.717) is 24.4 Å². The normalized spacial score (nSPS) is 12.2. The second kappa shape index (κ2) is 8.07. The van der Waals surface area contributed by atoms with Gasteiger partial charge in [0.05, 0.1) is 11.7 Å². The average molecular weight is 355 g/mol. The lowest BCUT2D eigenvalue weighted by Gasteiger charge is -2.16. The Morgan fingerprint density at radius 1 is 1.28 bits per heavy atom. The Kier molecular flexibility index (Phi) is 5.60. The molecule has 130 valence electrons. The van der Waals surface area contributed by atoms with Crippen LogP contribution < -0.4 is 10.9 Å². The van der Waals surface area contributed by atoms with Crippen LogP contribution in [0.5, 0.6) is 0 Å². The minimum Gasteiger partial charge on any atom is -0.355 e. The lowest BCUT2D eigenvalue weighted by molar-refractivity contribution is -0.121. The van der Waals surface area contributed by atoms with Gasteiger partial charge in [-0.05, 0) is 23.4 Å². The van der Waals surface area contributed by atoms with Crippen LogP contribution in [0.1, 0.15) is 31.2 Å². The highest BCUT2D eigenvalue weighted by Crippen LogP contribution is 2.18. The van der Waals surface area contributed by atoms with Crippen molar-refractivity contribution in [3.8, 4) is 0 Å². The molecule has 2 heterocycles.